The molecule has 0 aromatic carbocycles. The molecule has 2 amide bonds. The van der Waals surface area contributed by atoms with Gasteiger partial charge in [-0.3, -0.25) is 14.4 Å². The second-order valence-electron chi connectivity index (χ2n) is 6.12. The lowest BCUT2D eigenvalue weighted by Crippen LogP contribution is -2.46. The van der Waals surface area contributed by atoms with Crippen LogP contribution in [0, 0.1) is 11.8 Å². The molecule has 2 aliphatic rings. The van der Waals surface area contributed by atoms with Crippen LogP contribution in [0.3, 0.4) is 0 Å². The normalized spacial score (nSPS) is 25.7. The predicted octanol–water partition coefficient (Wildman–Crippen LogP) is 0.958. The fourth-order valence-corrected chi connectivity index (χ4v) is 3.46. The van der Waals surface area contributed by atoms with Crippen molar-refractivity contribution >= 4 is 17.8 Å². The first-order valence-electron chi connectivity index (χ1n) is 7.76. The summed E-state index contributed by atoms with van der Waals surface area (Å²) in [6.45, 7) is 1.28. The predicted molar refractivity (Wildman–Crippen MR) is 76.5 cm³/mol. The first-order chi connectivity index (χ1) is 10.0. The smallest absolute Gasteiger partial charge is 0.323 e. The minimum atomic E-state index is -1.02. The van der Waals surface area contributed by atoms with E-state index in [0.717, 1.165) is 45.2 Å². The molecule has 2 atom stereocenters. The molecule has 6 nitrogen and oxygen atoms in total. The van der Waals surface area contributed by atoms with Gasteiger partial charge in [0.25, 0.3) is 0 Å². The van der Waals surface area contributed by atoms with Crippen molar-refractivity contribution in [1.29, 1.82) is 0 Å². The van der Waals surface area contributed by atoms with E-state index >= 15 is 0 Å². The van der Waals surface area contributed by atoms with E-state index in [1.54, 1.807) is 0 Å². The molecule has 1 N–H and O–H groups in total. The number of likely N-dealkylation sites (N-methyl/N-ethyl adjacent to an activating group) is 1. The highest BCUT2D eigenvalue weighted by Gasteiger charge is 2.39. The summed E-state index contributed by atoms with van der Waals surface area (Å²) in [6.07, 6.45) is 5.41. The lowest BCUT2D eigenvalue weighted by Gasteiger charge is -2.34. The SMILES string of the molecule is CN(CC(=O)O)C(=O)C1CCCCC1C(=O)N1CCCC1. The van der Waals surface area contributed by atoms with Crippen LogP contribution < -0.4 is 0 Å². The third kappa shape index (κ3) is 3.74. The molecule has 21 heavy (non-hydrogen) atoms. The van der Waals surface area contributed by atoms with Gasteiger partial charge in [-0.25, -0.2) is 0 Å². The first kappa shape index (κ1) is 15.8. The van der Waals surface area contributed by atoms with E-state index in [0.29, 0.717) is 6.42 Å². The number of carbonyl (C=O) groups is 3. The van der Waals surface area contributed by atoms with Crippen LogP contribution in [-0.4, -0.2) is 59.4 Å². The summed E-state index contributed by atoms with van der Waals surface area (Å²) in [5.41, 5.74) is 0. The second kappa shape index (κ2) is 6.91. The van der Waals surface area contributed by atoms with Gasteiger partial charge in [0.05, 0.1) is 0 Å². The Labute approximate surface area is 125 Å². The van der Waals surface area contributed by atoms with E-state index in [4.69, 9.17) is 5.11 Å². The summed E-state index contributed by atoms with van der Waals surface area (Å²) < 4.78 is 0. The fraction of sp³-hybridized carbons (Fsp3) is 0.800. The highest BCUT2D eigenvalue weighted by atomic mass is 16.4. The van der Waals surface area contributed by atoms with E-state index in [1.165, 1.54) is 11.9 Å². The van der Waals surface area contributed by atoms with Crippen molar-refractivity contribution in [2.45, 2.75) is 38.5 Å². The Bertz CT molecular complexity index is 418. The van der Waals surface area contributed by atoms with Gasteiger partial charge in [-0.2, -0.15) is 0 Å². The Hall–Kier alpha value is -1.59. The van der Waals surface area contributed by atoms with Crippen molar-refractivity contribution in [3.8, 4) is 0 Å². The summed E-state index contributed by atoms with van der Waals surface area (Å²) in [7, 11) is 1.50. The molecule has 6 heteroatoms. The maximum absolute atomic E-state index is 12.6. The third-order valence-electron chi connectivity index (χ3n) is 4.57. The van der Waals surface area contributed by atoms with Crippen LogP contribution in [0.4, 0.5) is 0 Å². The maximum atomic E-state index is 12.6. The van der Waals surface area contributed by atoms with Crippen LogP contribution in [0.2, 0.25) is 0 Å². The van der Waals surface area contributed by atoms with Gasteiger partial charge in [0, 0.05) is 32.0 Å². The van der Waals surface area contributed by atoms with Crippen molar-refractivity contribution < 1.29 is 19.5 Å². The molecule has 0 aromatic heterocycles. The van der Waals surface area contributed by atoms with Crippen molar-refractivity contribution in [2.75, 3.05) is 26.7 Å². The zero-order chi connectivity index (χ0) is 15.4. The maximum Gasteiger partial charge on any atom is 0.323 e. The number of carboxylic acid groups (broad SMARTS) is 1. The van der Waals surface area contributed by atoms with Crippen LogP contribution in [0.1, 0.15) is 38.5 Å². The van der Waals surface area contributed by atoms with Gasteiger partial charge in [-0.1, -0.05) is 12.8 Å². The number of nitrogens with zero attached hydrogens (tertiary/aromatic N) is 2. The highest BCUT2D eigenvalue weighted by Crippen LogP contribution is 2.33. The number of likely N-dealkylation sites (tertiary alicyclic amines) is 1. The van der Waals surface area contributed by atoms with Crippen molar-refractivity contribution in [2.24, 2.45) is 11.8 Å². The van der Waals surface area contributed by atoms with Gasteiger partial charge in [0.15, 0.2) is 0 Å². The standard InChI is InChI=1S/C15H24N2O4/c1-16(10-13(18)19)14(20)11-6-2-3-7-12(11)15(21)17-8-4-5-9-17/h11-12H,2-10H2,1H3,(H,18,19). The molecule has 1 saturated carbocycles. The van der Waals surface area contributed by atoms with Gasteiger partial charge < -0.3 is 14.9 Å². The van der Waals surface area contributed by atoms with Gasteiger partial charge in [-0.05, 0) is 25.7 Å². The summed E-state index contributed by atoms with van der Waals surface area (Å²) in [5, 5.41) is 8.81. The molecule has 1 aliphatic carbocycles. The highest BCUT2D eigenvalue weighted by molar-refractivity contribution is 5.89. The molecule has 1 heterocycles. The Morgan fingerprint density at radius 2 is 1.62 bits per heavy atom. The summed E-state index contributed by atoms with van der Waals surface area (Å²) in [6, 6.07) is 0. The van der Waals surface area contributed by atoms with Crippen LogP contribution in [0.5, 0.6) is 0 Å². The average Bonchev–Trinajstić information content (AvgIpc) is 2.99. The topological polar surface area (TPSA) is 77.9 Å². The minimum Gasteiger partial charge on any atom is -0.480 e. The Morgan fingerprint density at radius 3 is 2.19 bits per heavy atom. The fourth-order valence-electron chi connectivity index (χ4n) is 3.46. The lowest BCUT2D eigenvalue weighted by molar-refractivity contribution is -0.150. The molecular formula is C15H24N2O4. The summed E-state index contributed by atoms with van der Waals surface area (Å²) >= 11 is 0. The largest absolute Gasteiger partial charge is 0.480 e. The molecule has 2 unspecified atom stereocenters. The van der Waals surface area contributed by atoms with E-state index in [-0.39, 0.29) is 30.2 Å². The van der Waals surface area contributed by atoms with E-state index in [1.807, 2.05) is 4.90 Å². The van der Waals surface area contributed by atoms with Crippen LogP contribution in [0.15, 0.2) is 0 Å². The van der Waals surface area contributed by atoms with Crippen molar-refractivity contribution in [1.82, 2.24) is 9.80 Å². The molecular weight excluding hydrogens is 272 g/mol. The monoisotopic (exact) mass is 296 g/mol. The van der Waals surface area contributed by atoms with Crippen LogP contribution in [0.25, 0.3) is 0 Å². The molecule has 1 aliphatic heterocycles. The molecule has 2 rings (SSSR count). The zero-order valence-electron chi connectivity index (χ0n) is 12.6. The number of aliphatic carboxylic acids is 1. The number of carboxylic acids is 1. The summed E-state index contributed by atoms with van der Waals surface area (Å²) in [4.78, 5) is 38.9. The number of amides is 2. The average molecular weight is 296 g/mol. The Balaban J connectivity index is 2.05. The number of carbonyl (C=O) groups excluding carboxylic acids is 2. The van der Waals surface area contributed by atoms with E-state index in [9.17, 15) is 14.4 Å². The minimum absolute atomic E-state index is 0.0919. The van der Waals surface area contributed by atoms with Gasteiger partial charge >= 0.3 is 5.97 Å². The third-order valence-corrected chi connectivity index (χ3v) is 4.57. The van der Waals surface area contributed by atoms with Gasteiger partial charge in [0.1, 0.15) is 6.54 Å². The molecule has 0 bridgehead atoms. The lowest BCUT2D eigenvalue weighted by atomic mass is 9.77. The Kier molecular flexibility index (Phi) is 5.20. The summed E-state index contributed by atoms with van der Waals surface area (Å²) in [5.74, 6) is -1.75. The molecule has 2 fully saturated rings. The number of hydrogen-bond acceptors (Lipinski definition) is 3. The van der Waals surface area contributed by atoms with E-state index in [2.05, 4.69) is 0 Å². The number of hydrogen-bond donors (Lipinski definition) is 1. The van der Waals surface area contributed by atoms with Gasteiger partial charge in [0.2, 0.25) is 11.8 Å². The molecule has 1 saturated heterocycles. The zero-order valence-corrected chi connectivity index (χ0v) is 12.6. The molecule has 118 valence electrons. The first-order valence-corrected chi connectivity index (χ1v) is 7.76. The second-order valence-corrected chi connectivity index (χ2v) is 6.12. The van der Waals surface area contributed by atoms with Crippen LogP contribution in [-0.2, 0) is 14.4 Å². The Morgan fingerprint density at radius 1 is 1.05 bits per heavy atom. The van der Waals surface area contributed by atoms with Crippen LogP contribution >= 0.6 is 0 Å². The van der Waals surface area contributed by atoms with Crippen molar-refractivity contribution in [3.63, 3.8) is 0 Å². The van der Waals surface area contributed by atoms with E-state index < -0.39 is 5.97 Å². The quantitative estimate of drug-likeness (QED) is 0.838. The molecule has 0 aromatic rings. The van der Waals surface area contributed by atoms with Gasteiger partial charge in [-0.15, -0.1) is 0 Å². The number of rotatable bonds is 4. The van der Waals surface area contributed by atoms with Crippen molar-refractivity contribution in [3.05, 3.63) is 0 Å². The molecule has 0 radical (unpaired) electrons. The molecule has 0 spiro atoms.